The van der Waals surface area contributed by atoms with Crippen molar-refractivity contribution < 1.29 is 14.7 Å². The minimum absolute atomic E-state index is 0.0317. The van der Waals surface area contributed by atoms with E-state index >= 15 is 0 Å². The van der Waals surface area contributed by atoms with E-state index in [1.807, 2.05) is 4.90 Å². The predicted molar refractivity (Wildman–Crippen MR) is 97.0 cm³/mol. The van der Waals surface area contributed by atoms with Crippen molar-refractivity contribution in [3.63, 3.8) is 0 Å². The molecule has 0 aromatic carbocycles. The van der Waals surface area contributed by atoms with Crippen molar-refractivity contribution in [2.75, 3.05) is 18.4 Å². The number of anilines is 1. The van der Waals surface area contributed by atoms with Crippen LogP contribution in [0.3, 0.4) is 0 Å². The molecule has 136 valence electrons. The molecule has 26 heavy (non-hydrogen) atoms. The molecular formula is C18H20N4O3S. The monoisotopic (exact) mass is 372 g/mol. The van der Waals surface area contributed by atoms with E-state index in [2.05, 4.69) is 15.3 Å². The maximum absolute atomic E-state index is 12.5. The quantitative estimate of drug-likeness (QED) is 0.851. The number of fused-ring (bicyclic) bond motifs is 1. The van der Waals surface area contributed by atoms with Gasteiger partial charge in [-0.1, -0.05) is 0 Å². The standard InChI is InChI=1S/C18H20N4O3S/c23-13-9-11(10-13)18(25)22-7-3-14-15(4-8-22)26-17(21-14)16(24)20-12-1-5-19-6-2-12/h1-2,5-6,11,13,23H,3-4,7-10H2,(H,19,20,24). The predicted octanol–water partition coefficient (Wildman–Crippen LogP) is 1.49. The number of carbonyl (C=O) groups is 2. The Bertz CT molecular complexity index is 792. The van der Waals surface area contributed by atoms with E-state index in [4.69, 9.17) is 0 Å². The maximum Gasteiger partial charge on any atom is 0.284 e. The second-order valence-corrected chi connectivity index (χ2v) is 7.81. The van der Waals surface area contributed by atoms with Crippen LogP contribution in [-0.4, -0.2) is 51.0 Å². The third kappa shape index (κ3) is 3.47. The molecule has 4 rings (SSSR count). The Kier molecular flexibility index (Phi) is 4.69. The zero-order valence-electron chi connectivity index (χ0n) is 14.2. The molecule has 0 radical (unpaired) electrons. The first-order valence-corrected chi connectivity index (χ1v) is 9.58. The Morgan fingerprint density at radius 2 is 1.92 bits per heavy atom. The molecule has 2 aromatic rings. The Balaban J connectivity index is 1.39. The fourth-order valence-electron chi connectivity index (χ4n) is 3.35. The number of hydrogen-bond donors (Lipinski definition) is 2. The maximum atomic E-state index is 12.5. The first kappa shape index (κ1) is 17.1. The number of hydrogen-bond acceptors (Lipinski definition) is 6. The molecule has 1 fully saturated rings. The number of nitrogens with zero attached hydrogens (tertiary/aromatic N) is 3. The van der Waals surface area contributed by atoms with E-state index in [-0.39, 0.29) is 23.8 Å². The van der Waals surface area contributed by atoms with Crippen molar-refractivity contribution in [3.8, 4) is 0 Å². The molecule has 2 N–H and O–H groups in total. The first-order valence-electron chi connectivity index (χ1n) is 8.77. The molecule has 2 aliphatic rings. The minimum Gasteiger partial charge on any atom is -0.393 e. The van der Waals surface area contributed by atoms with Crippen molar-refractivity contribution in [1.29, 1.82) is 0 Å². The summed E-state index contributed by atoms with van der Waals surface area (Å²) in [5.74, 6) is -0.109. The smallest absolute Gasteiger partial charge is 0.284 e. The topological polar surface area (TPSA) is 95.4 Å². The Morgan fingerprint density at radius 1 is 1.19 bits per heavy atom. The molecule has 1 saturated carbocycles. The fourth-order valence-corrected chi connectivity index (χ4v) is 4.34. The van der Waals surface area contributed by atoms with Gasteiger partial charge in [0.2, 0.25) is 5.91 Å². The average molecular weight is 372 g/mol. The van der Waals surface area contributed by atoms with Crippen LogP contribution < -0.4 is 5.32 Å². The summed E-state index contributed by atoms with van der Waals surface area (Å²) in [4.78, 5) is 36.2. The van der Waals surface area contributed by atoms with E-state index < -0.39 is 0 Å². The summed E-state index contributed by atoms with van der Waals surface area (Å²) in [5.41, 5.74) is 1.61. The molecular weight excluding hydrogens is 352 g/mol. The minimum atomic E-state index is -0.319. The lowest BCUT2D eigenvalue weighted by atomic mass is 9.81. The lowest BCUT2D eigenvalue weighted by Gasteiger charge is -2.34. The van der Waals surface area contributed by atoms with Gasteiger partial charge in [-0.15, -0.1) is 11.3 Å². The van der Waals surface area contributed by atoms with Gasteiger partial charge in [-0.25, -0.2) is 4.98 Å². The zero-order valence-corrected chi connectivity index (χ0v) is 15.0. The number of carbonyl (C=O) groups excluding carboxylic acids is 2. The Morgan fingerprint density at radius 3 is 2.65 bits per heavy atom. The number of nitrogens with one attached hydrogen (secondary N) is 1. The number of aromatic nitrogens is 2. The van der Waals surface area contributed by atoms with Crippen LogP contribution in [0.1, 0.15) is 33.2 Å². The third-order valence-electron chi connectivity index (χ3n) is 4.91. The van der Waals surface area contributed by atoms with Gasteiger partial charge in [0, 0.05) is 54.8 Å². The molecule has 1 aliphatic heterocycles. The summed E-state index contributed by atoms with van der Waals surface area (Å²) < 4.78 is 0. The molecule has 0 bridgehead atoms. The third-order valence-corrected chi connectivity index (χ3v) is 6.07. The highest BCUT2D eigenvalue weighted by Gasteiger charge is 2.36. The zero-order chi connectivity index (χ0) is 18.1. The SMILES string of the molecule is O=C(Nc1ccncc1)c1nc2c(s1)CCN(C(=O)C1CC(O)C1)CC2. The number of rotatable bonds is 3. The molecule has 2 amide bonds. The summed E-state index contributed by atoms with van der Waals surface area (Å²) in [6.07, 6.45) is 5.47. The number of aliphatic hydroxyl groups excluding tert-OH is 1. The van der Waals surface area contributed by atoms with Crippen molar-refractivity contribution in [3.05, 3.63) is 40.1 Å². The van der Waals surface area contributed by atoms with Crippen molar-refractivity contribution in [2.24, 2.45) is 5.92 Å². The second kappa shape index (κ2) is 7.13. The van der Waals surface area contributed by atoms with Crippen LogP contribution in [0.15, 0.2) is 24.5 Å². The van der Waals surface area contributed by atoms with Gasteiger partial charge in [-0.05, 0) is 25.0 Å². The molecule has 7 nitrogen and oxygen atoms in total. The van der Waals surface area contributed by atoms with Gasteiger partial charge in [0.25, 0.3) is 5.91 Å². The van der Waals surface area contributed by atoms with Crippen LogP contribution in [0.25, 0.3) is 0 Å². The van der Waals surface area contributed by atoms with Crippen LogP contribution in [0.2, 0.25) is 0 Å². The Hall–Kier alpha value is -2.32. The van der Waals surface area contributed by atoms with Crippen molar-refractivity contribution >= 4 is 28.8 Å². The van der Waals surface area contributed by atoms with Gasteiger partial charge in [-0.3, -0.25) is 14.6 Å². The highest BCUT2D eigenvalue weighted by Crippen LogP contribution is 2.30. The number of thiazole rings is 1. The largest absolute Gasteiger partial charge is 0.393 e. The molecule has 0 spiro atoms. The van der Waals surface area contributed by atoms with E-state index in [1.54, 1.807) is 24.5 Å². The van der Waals surface area contributed by atoms with Gasteiger partial charge in [0.15, 0.2) is 5.01 Å². The molecule has 0 unspecified atom stereocenters. The highest BCUT2D eigenvalue weighted by atomic mass is 32.1. The molecule has 3 heterocycles. The van der Waals surface area contributed by atoms with Crippen LogP contribution >= 0.6 is 11.3 Å². The lowest BCUT2D eigenvalue weighted by Crippen LogP contribution is -2.44. The van der Waals surface area contributed by atoms with E-state index in [9.17, 15) is 14.7 Å². The molecule has 1 aliphatic carbocycles. The van der Waals surface area contributed by atoms with Crippen molar-refractivity contribution in [1.82, 2.24) is 14.9 Å². The van der Waals surface area contributed by atoms with E-state index in [0.717, 1.165) is 17.0 Å². The summed E-state index contributed by atoms with van der Waals surface area (Å²) in [7, 11) is 0. The van der Waals surface area contributed by atoms with Gasteiger partial charge >= 0.3 is 0 Å². The normalized spacial score (nSPS) is 22.1. The fraction of sp³-hybridized carbons (Fsp3) is 0.444. The molecule has 2 aromatic heterocycles. The summed E-state index contributed by atoms with van der Waals surface area (Å²) in [6, 6.07) is 3.47. The van der Waals surface area contributed by atoms with Crippen LogP contribution in [0.5, 0.6) is 0 Å². The summed E-state index contributed by atoms with van der Waals surface area (Å²) >= 11 is 1.40. The van der Waals surface area contributed by atoms with Crippen LogP contribution in [-0.2, 0) is 17.6 Å². The molecule has 0 saturated heterocycles. The van der Waals surface area contributed by atoms with Crippen LogP contribution in [0, 0.1) is 5.92 Å². The van der Waals surface area contributed by atoms with E-state index in [1.165, 1.54) is 11.3 Å². The van der Waals surface area contributed by atoms with Gasteiger partial charge in [0.05, 0.1) is 11.8 Å². The summed E-state index contributed by atoms with van der Waals surface area (Å²) in [5, 5.41) is 12.7. The second-order valence-electron chi connectivity index (χ2n) is 6.73. The van der Waals surface area contributed by atoms with Gasteiger partial charge in [-0.2, -0.15) is 0 Å². The first-order chi connectivity index (χ1) is 12.6. The lowest BCUT2D eigenvalue weighted by molar-refractivity contribution is -0.142. The Labute approximate surface area is 155 Å². The number of pyridine rings is 1. The molecule has 8 heteroatoms. The highest BCUT2D eigenvalue weighted by molar-refractivity contribution is 7.13. The molecule has 0 atom stereocenters. The number of aliphatic hydroxyl groups is 1. The number of amides is 2. The average Bonchev–Trinajstić information content (AvgIpc) is 2.93. The van der Waals surface area contributed by atoms with Crippen molar-refractivity contribution in [2.45, 2.75) is 31.8 Å². The van der Waals surface area contributed by atoms with Gasteiger partial charge in [0.1, 0.15) is 0 Å². The van der Waals surface area contributed by atoms with Gasteiger partial charge < -0.3 is 15.3 Å². The van der Waals surface area contributed by atoms with E-state index in [0.29, 0.717) is 43.0 Å². The van der Waals surface area contributed by atoms with Crippen LogP contribution in [0.4, 0.5) is 5.69 Å². The summed E-state index contributed by atoms with van der Waals surface area (Å²) in [6.45, 7) is 1.26.